The van der Waals surface area contributed by atoms with Gasteiger partial charge in [0.2, 0.25) is 0 Å². The minimum Gasteiger partial charge on any atom is -0.380 e. The van der Waals surface area contributed by atoms with Gasteiger partial charge in [-0.25, -0.2) is 0 Å². The predicted octanol–water partition coefficient (Wildman–Crippen LogP) is 5.07. The number of aryl methyl sites for hydroxylation is 1. The van der Waals surface area contributed by atoms with E-state index in [1.807, 2.05) is 31.3 Å². The Hall–Kier alpha value is -0.770. The first-order valence-electron chi connectivity index (χ1n) is 5.35. The van der Waals surface area contributed by atoms with E-state index < -0.39 is 0 Å². The molecule has 0 aliphatic heterocycles. The molecular weight excluding hydrogens is 335 g/mol. The molecule has 0 spiro atoms. The van der Waals surface area contributed by atoms with Crippen LogP contribution in [0.25, 0.3) is 0 Å². The summed E-state index contributed by atoms with van der Waals surface area (Å²) in [6, 6.07) is 5.69. The summed E-state index contributed by atoms with van der Waals surface area (Å²) < 4.78 is 0.954. The molecule has 2 rings (SSSR count). The third-order valence-corrected chi connectivity index (χ3v) is 3.65. The maximum absolute atomic E-state index is 6.15. The molecular formula is C13H11BrCl2N2. The summed E-state index contributed by atoms with van der Waals surface area (Å²) in [5.74, 6) is 0. The van der Waals surface area contributed by atoms with Crippen molar-refractivity contribution in [1.29, 1.82) is 0 Å². The van der Waals surface area contributed by atoms with Crippen molar-refractivity contribution >= 4 is 44.8 Å². The van der Waals surface area contributed by atoms with E-state index >= 15 is 0 Å². The Labute approximate surface area is 124 Å². The smallest absolute Gasteiger partial charge is 0.0641 e. The molecule has 2 nitrogen and oxygen atoms in total. The van der Waals surface area contributed by atoms with E-state index in [1.54, 1.807) is 6.20 Å². The van der Waals surface area contributed by atoms with Gasteiger partial charge < -0.3 is 5.32 Å². The minimum absolute atomic E-state index is 0.644. The number of aromatic nitrogens is 1. The normalized spacial score (nSPS) is 10.4. The van der Waals surface area contributed by atoms with Crippen LogP contribution in [-0.2, 0) is 6.54 Å². The fourth-order valence-corrected chi connectivity index (χ4v) is 2.39. The van der Waals surface area contributed by atoms with E-state index in [-0.39, 0.29) is 0 Å². The van der Waals surface area contributed by atoms with Crippen LogP contribution >= 0.6 is 39.1 Å². The molecule has 94 valence electrons. The van der Waals surface area contributed by atoms with Crippen LogP contribution in [0.5, 0.6) is 0 Å². The van der Waals surface area contributed by atoms with Crippen LogP contribution in [0.2, 0.25) is 10.0 Å². The minimum atomic E-state index is 0.644. The Morgan fingerprint density at radius 2 is 1.94 bits per heavy atom. The van der Waals surface area contributed by atoms with Crippen LogP contribution in [0, 0.1) is 6.92 Å². The molecule has 0 unspecified atom stereocenters. The lowest BCUT2D eigenvalue weighted by atomic mass is 10.2. The first-order chi connectivity index (χ1) is 8.56. The van der Waals surface area contributed by atoms with Crippen molar-refractivity contribution in [1.82, 2.24) is 4.98 Å². The molecule has 5 heteroatoms. The van der Waals surface area contributed by atoms with Crippen LogP contribution in [0.1, 0.15) is 11.1 Å². The Bertz CT molecular complexity index is 573. The number of halogens is 3. The first-order valence-corrected chi connectivity index (χ1v) is 6.90. The molecule has 0 bridgehead atoms. The highest BCUT2D eigenvalue weighted by molar-refractivity contribution is 9.10. The Morgan fingerprint density at radius 1 is 1.17 bits per heavy atom. The van der Waals surface area contributed by atoms with E-state index in [0.29, 0.717) is 16.6 Å². The van der Waals surface area contributed by atoms with Gasteiger partial charge in [0.15, 0.2) is 0 Å². The quantitative estimate of drug-likeness (QED) is 0.839. The number of anilines is 1. The second-order valence-corrected chi connectivity index (χ2v) is 5.68. The molecule has 0 fully saturated rings. The lowest BCUT2D eigenvalue weighted by Crippen LogP contribution is -2.00. The van der Waals surface area contributed by atoms with E-state index in [1.165, 1.54) is 0 Å². The maximum Gasteiger partial charge on any atom is 0.0641 e. The largest absolute Gasteiger partial charge is 0.380 e. The van der Waals surface area contributed by atoms with Gasteiger partial charge in [0.1, 0.15) is 0 Å². The van der Waals surface area contributed by atoms with Gasteiger partial charge in [0, 0.05) is 28.4 Å². The Balaban J connectivity index is 2.13. The zero-order valence-corrected chi connectivity index (χ0v) is 12.8. The van der Waals surface area contributed by atoms with Crippen LogP contribution in [0.15, 0.2) is 35.1 Å². The first kappa shape index (κ1) is 13.7. The van der Waals surface area contributed by atoms with Gasteiger partial charge in [0.25, 0.3) is 0 Å². The Morgan fingerprint density at radius 3 is 2.67 bits per heavy atom. The lowest BCUT2D eigenvalue weighted by molar-refractivity contribution is 1.11. The zero-order valence-electron chi connectivity index (χ0n) is 9.67. The SMILES string of the molecule is Cc1cc(Cl)c(NCc2cncc(Br)c2)cc1Cl. The molecule has 0 saturated carbocycles. The van der Waals surface area contributed by atoms with Crippen molar-refractivity contribution in [2.75, 3.05) is 5.32 Å². The molecule has 1 aromatic carbocycles. The third-order valence-electron chi connectivity index (χ3n) is 2.49. The number of rotatable bonds is 3. The van der Waals surface area contributed by atoms with Gasteiger partial charge in [-0.2, -0.15) is 0 Å². The summed E-state index contributed by atoms with van der Waals surface area (Å²) in [7, 11) is 0. The van der Waals surface area contributed by atoms with Gasteiger partial charge >= 0.3 is 0 Å². The van der Waals surface area contributed by atoms with Crippen LogP contribution in [0.3, 0.4) is 0 Å². The molecule has 0 aliphatic rings. The summed E-state index contributed by atoms with van der Waals surface area (Å²) in [5.41, 5.74) is 2.86. The molecule has 0 amide bonds. The van der Waals surface area contributed by atoms with Crippen molar-refractivity contribution in [3.8, 4) is 0 Å². The maximum atomic E-state index is 6.15. The third kappa shape index (κ3) is 3.37. The van der Waals surface area contributed by atoms with E-state index in [4.69, 9.17) is 23.2 Å². The molecule has 0 atom stereocenters. The van der Waals surface area contributed by atoms with Crippen LogP contribution in [0.4, 0.5) is 5.69 Å². The van der Waals surface area contributed by atoms with Crippen molar-refractivity contribution in [3.05, 3.63) is 56.2 Å². The summed E-state index contributed by atoms with van der Waals surface area (Å²) in [5, 5.41) is 4.62. The van der Waals surface area contributed by atoms with E-state index in [9.17, 15) is 0 Å². The highest BCUT2D eigenvalue weighted by atomic mass is 79.9. The van der Waals surface area contributed by atoms with Crippen molar-refractivity contribution in [2.24, 2.45) is 0 Å². The molecule has 1 N–H and O–H groups in total. The fourth-order valence-electron chi connectivity index (χ4n) is 1.53. The highest BCUT2D eigenvalue weighted by Crippen LogP contribution is 2.29. The molecule has 18 heavy (non-hydrogen) atoms. The molecule has 0 radical (unpaired) electrons. The van der Waals surface area contributed by atoms with Crippen molar-refractivity contribution < 1.29 is 0 Å². The van der Waals surface area contributed by atoms with Crippen molar-refractivity contribution in [2.45, 2.75) is 13.5 Å². The topological polar surface area (TPSA) is 24.9 Å². The Kier molecular flexibility index (Phi) is 4.49. The monoisotopic (exact) mass is 344 g/mol. The second kappa shape index (κ2) is 5.91. The average molecular weight is 346 g/mol. The molecule has 1 heterocycles. The molecule has 1 aromatic heterocycles. The number of benzene rings is 1. The average Bonchev–Trinajstić information content (AvgIpc) is 2.32. The van der Waals surface area contributed by atoms with Gasteiger partial charge in [-0.1, -0.05) is 23.2 Å². The summed E-state index contributed by atoms with van der Waals surface area (Å²) in [6.45, 7) is 2.57. The number of hydrogen-bond donors (Lipinski definition) is 1. The number of nitrogens with zero attached hydrogens (tertiary/aromatic N) is 1. The highest BCUT2D eigenvalue weighted by Gasteiger charge is 2.04. The van der Waals surface area contributed by atoms with Crippen LogP contribution < -0.4 is 5.32 Å². The molecule has 0 saturated heterocycles. The summed E-state index contributed by atoms with van der Waals surface area (Å²) in [6.07, 6.45) is 3.56. The standard InChI is InChI=1S/C13H11BrCl2N2/c1-8-2-12(16)13(4-11(8)15)18-6-9-3-10(14)7-17-5-9/h2-5,7,18H,6H2,1H3. The number of nitrogens with one attached hydrogen (secondary N) is 1. The number of pyridine rings is 1. The fraction of sp³-hybridized carbons (Fsp3) is 0.154. The van der Waals surface area contributed by atoms with Crippen molar-refractivity contribution in [3.63, 3.8) is 0 Å². The number of hydrogen-bond acceptors (Lipinski definition) is 2. The lowest BCUT2D eigenvalue weighted by Gasteiger charge is -2.10. The van der Waals surface area contributed by atoms with Crippen LogP contribution in [-0.4, -0.2) is 4.98 Å². The van der Waals surface area contributed by atoms with Gasteiger partial charge in [-0.3, -0.25) is 4.98 Å². The predicted molar refractivity (Wildman–Crippen MR) is 80.5 cm³/mol. The summed E-state index contributed by atoms with van der Waals surface area (Å²) >= 11 is 15.6. The van der Waals surface area contributed by atoms with Gasteiger partial charge in [-0.05, 0) is 52.2 Å². The zero-order chi connectivity index (χ0) is 13.1. The van der Waals surface area contributed by atoms with Gasteiger partial charge in [-0.15, -0.1) is 0 Å². The van der Waals surface area contributed by atoms with E-state index in [2.05, 4.69) is 26.2 Å². The van der Waals surface area contributed by atoms with Gasteiger partial charge in [0.05, 0.1) is 10.7 Å². The van der Waals surface area contributed by atoms with E-state index in [0.717, 1.165) is 21.3 Å². The molecule has 0 aliphatic carbocycles. The second-order valence-electron chi connectivity index (χ2n) is 3.95. The molecule has 2 aromatic rings. The summed E-state index contributed by atoms with van der Waals surface area (Å²) in [4.78, 5) is 4.10.